The number of pyridine rings is 1. The number of hydrogen-bond acceptors (Lipinski definition) is 3. The number of nitrogens with one attached hydrogen (secondary N) is 1. The van der Waals surface area contributed by atoms with Crippen molar-refractivity contribution in [2.75, 3.05) is 23.3 Å². The number of benzene rings is 1. The van der Waals surface area contributed by atoms with Gasteiger partial charge in [0.05, 0.1) is 17.4 Å². The SMILES string of the molecule is CCN(CC)c1cncc(C(=O)Nc2cccc(Br)c2)c1. The molecule has 0 aliphatic rings. The van der Waals surface area contributed by atoms with Crippen LogP contribution < -0.4 is 10.2 Å². The van der Waals surface area contributed by atoms with E-state index in [0.717, 1.165) is 28.9 Å². The molecule has 110 valence electrons. The molecule has 0 spiro atoms. The molecule has 0 saturated heterocycles. The van der Waals surface area contributed by atoms with Gasteiger partial charge >= 0.3 is 0 Å². The number of halogens is 1. The number of hydrogen-bond donors (Lipinski definition) is 1. The van der Waals surface area contributed by atoms with Crippen molar-refractivity contribution >= 4 is 33.2 Å². The first-order chi connectivity index (χ1) is 10.1. The molecule has 0 fully saturated rings. The first-order valence-corrected chi connectivity index (χ1v) is 7.70. The van der Waals surface area contributed by atoms with E-state index in [1.165, 1.54) is 0 Å². The first kappa shape index (κ1) is 15.5. The van der Waals surface area contributed by atoms with E-state index < -0.39 is 0 Å². The van der Waals surface area contributed by atoms with Gasteiger partial charge in [-0.15, -0.1) is 0 Å². The van der Waals surface area contributed by atoms with Crippen LogP contribution in [0.1, 0.15) is 24.2 Å². The summed E-state index contributed by atoms with van der Waals surface area (Å²) in [6.07, 6.45) is 3.36. The summed E-state index contributed by atoms with van der Waals surface area (Å²) in [4.78, 5) is 18.6. The Kier molecular flexibility index (Phi) is 5.33. The second kappa shape index (κ2) is 7.22. The van der Waals surface area contributed by atoms with E-state index in [1.807, 2.05) is 30.3 Å². The Morgan fingerprint density at radius 1 is 1.24 bits per heavy atom. The summed E-state index contributed by atoms with van der Waals surface area (Å²) in [5.74, 6) is -0.158. The summed E-state index contributed by atoms with van der Waals surface area (Å²) in [6, 6.07) is 9.37. The van der Waals surface area contributed by atoms with E-state index in [4.69, 9.17) is 0 Å². The van der Waals surface area contributed by atoms with Gasteiger partial charge in [0, 0.05) is 29.4 Å². The first-order valence-electron chi connectivity index (χ1n) is 6.91. The number of carbonyl (C=O) groups excluding carboxylic acids is 1. The van der Waals surface area contributed by atoms with Crippen LogP contribution in [0.25, 0.3) is 0 Å². The van der Waals surface area contributed by atoms with Gasteiger partial charge in [-0.25, -0.2) is 0 Å². The van der Waals surface area contributed by atoms with Gasteiger partial charge in [0.25, 0.3) is 5.91 Å². The molecule has 1 heterocycles. The van der Waals surface area contributed by atoms with E-state index in [2.05, 4.69) is 45.0 Å². The number of nitrogens with zero attached hydrogens (tertiary/aromatic N) is 2. The van der Waals surface area contributed by atoms with Gasteiger partial charge in [0.2, 0.25) is 0 Å². The highest BCUT2D eigenvalue weighted by atomic mass is 79.9. The second-order valence-corrected chi connectivity index (χ2v) is 5.48. The lowest BCUT2D eigenvalue weighted by atomic mass is 10.2. The summed E-state index contributed by atoms with van der Waals surface area (Å²) in [6.45, 7) is 5.93. The van der Waals surface area contributed by atoms with Crippen LogP contribution in [-0.2, 0) is 0 Å². The van der Waals surface area contributed by atoms with E-state index in [-0.39, 0.29) is 5.91 Å². The predicted molar refractivity (Wildman–Crippen MR) is 89.9 cm³/mol. The van der Waals surface area contributed by atoms with Crippen LogP contribution in [0.4, 0.5) is 11.4 Å². The maximum atomic E-state index is 12.3. The minimum atomic E-state index is -0.158. The summed E-state index contributed by atoms with van der Waals surface area (Å²) in [5.41, 5.74) is 2.27. The maximum absolute atomic E-state index is 12.3. The van der Waals surface area contributed by atoms with Crippen LogP contribution in [0.15, 0.2) is 47.2 Å². The van der Waals surface area contributed by atoms with Crippen molar-refractivity contribution in [1.29, 1.82) is 0 Å². The predicted octanol–water partition coefficient (Wildman–Crippen LogP) is 3.94. The number of amides is 1. The summed E-state index contributed by atoms with van der Waals surface area (Å²) >= 11 is 3.39. The van der Waals surface area contributed by atoms with Crippen LogP contribution in [-0.4, -0.2) is 24.0 Å². The molecule has 4 nitrogen and oxygen atoms in total. The molecule has 1 aromatic heterocycles. The van der Waals surface area contributed by atoms with Gasteiger partial charge in [-0.2, -0.15) is 0 Å². The lowest BCUT2D eigenvalue weighted by Gasteiger charge is -2.20. The fraction of sp³-hybridized carbons (Fsp3) is 0.250. The lowest BCUT2D eigenvalue weighted by molar-refractivity contribution is 0.102. The summed E-state index contributed by atoms with van der Waals surface area (Å²) in [5, 5.41) is 2.87. The van der Waals surface area contributed by atoms with Crippen molar-refractivity contribution in [3.8, 4) is 0 Å². The fourth-order valence-corrected chi connectivity index (χ4v) is 2.48. The quantitative estimate of drug-likeness (QED) is 0.890. The highest BCUT2D eigenvalue weighted by Crippen LogP contribution is 2.18. The third kappa shape index (κ3) is 4.04. The fourth-order valence-electron chi connectivity index (χ4n) is 2.08. The molecule has 0 bridgehead atoms. The Hall–Kier alpha value is -1.88. The Morgan fingerprint density at radius 3 is 2.67 bits per heavy atom. The maximum Gasteiger partial charge on any atom is 0.257 e. The number of rotatable bonds is 5. The highest BCUT2D eigenvalue weighted by molar-refractivity contribution is 9.10. The van der Waals surface area contributed by atoms with E-state index in [0.29, 0.717) is 5.56 Å². The van der Waals surface area contributed by atoms with Crippen LogP contribution >= 0.6 is 15.9 Å². The molecule has 0 atom stereocenters. The third-order valence-corrected chi connectivity index (χ3v) is 3.69. The molecule has 2 rings (SSSR count). The topological polar surface area (TPSA) is 45.2 Å². The normalized spacial score (nSPS) is 10.2. The number of anilines is 2. The van der Waals surface area contributed by atoms with Crippen LogP contribution in [0.2, 0.25) is 0 Å². The molecule has 5 heteroatoms. The average molecular weight is 348 g/mol. The molecular weight excluding hydrogens is 330 g/mol. The van der Waals surface area contributed by atoms with E-state index in [9.17, 15) is 4.79 Å². The zero-order chi connectivity index (χ0) is 15.2. The Balaban J connectivity index is 2.18. The van der Waals surface area contributed by atoms with Gasteiger partial charge in [-0.05, 0) is 38.1 Å². The van der Waals surface area contributed by atoms with Crippen LogP contribution in [0, 0.1) is 0 Å². The molecule has 0 saturated carbocycles. The van der Waals surface area contributed by atoms with Gasteiger partial charge in [0.1, 0.15) is 0 Å². The number of aromatic nitrogens is 1. The Morgan fingerprint density at radius 2 is 2.00 bits per heavy atom. The van der Waals surface area contributed by atoms with Gasteiger partial charge < -0.3 is 10.2 Å². The summed E-state index contributed by atoms with van der Waals surface area (Å²) in [7, 11) is 0. The molecule has 2 aromatic rings. The van der Waals surface area contributed by atoms with Crippen molar-refractivity contribution in [2.45, 2.75) is 13.8 Å². The van der Waals surface area contributed by atoms with E-state index >= 15 is 0 Å². The van der Waals surface area contributed by atoms with Gasteiger partial charge in [-0.1, -0.05) is 22.0 Å². The minimum absolute atomic E-state index is 0.158. The van der Waals surface area contributed by atoms with Crippen molar-refractivity contribution in [3.63, 3.8) is 0 Å². The van der Waals surface area contributed by atoms with Gasteiger partial charge in [-0.3, -0.25) is 9.78 Å². The smallest absolute Gasteiger partial charge is 0.257 e. The lowest BCUT2D eigenvalue weighted by Crippen LogP contribution is -2.22. The minimum Gasteiger partial charge on any atom is -0.371 e. The van der Waals surface area contributed by atoms with Gasteiger partial charge in [0.15, 0.2) is 0 Å². The summed E-state index contributed by atoms with van der Waals surface area (Å²) < 4.78 is 0.926. The Labute approximate surface area is 133 Å². The zero-order valence-electron chi connectivity index (χ0n) is 12.1. The monoisotopic (exact) mass is 347 g/mol. The average Bonchev–Trinajstić information content (AvgIpc) is 2.49. The highest BCUT2D eigenvalue weighted by Gasteiger charge is 2.10. The van der Waals surface area contributed by atoms with Crippen molar-refractivity contribution in [1.82, 2.24) is 4.98 Å². The van der Waals surface area contributed by atoms with Crippen molar-refractivity contribution in [3.05, 3.63) is 52.8 Å². The zero-order valence-corrected chi connectivity index (χ0v) is 13.7. The largest absolute Gasteiger partial charge is 0.371 e. The molecule has 0 radical (unpaired) electrons. The second-order valence-electron chi connectivity index (χ2n) is 4.57. The Bertz CT molecular complexity index is 626. The van der Waals surface area contributed by atoms with Crippen LogP contribution in [0.3, 0.4) is 0 Å². The molecule has 0 aliphatic carbocycles. The molecule has 1 amide bonds. The van der Waals surface area contributed by atoms with Crippen molar-refractivity contribution in [2.24, 2.45) is 0 Å². The molecule has 0 aliphatic heterocycles. The molecule has 1 aromatic carbocycles. The molecule has 0 unspecified atom stereocenters. The number of carbonyl (C=O) groups is 1. The van der Waals surface area contributed by atoms with E-state index in [1.54, 1.807) is 12.4 Å². The molecule has 1 N–H and O–H groups in total. The third-order valence-electron chi connectivity index (χ3n) is 3.20. The molecular formula is C16H18BrN3O. The van der Waals surface area contributed by atoms with Crippen LogP contribution in [0.5, 0.6) is 0 Å². The standard InChI is InChI=1S/C16H18BrN3O/c1-3-20(4-2)15-8-12(10-18-11-15)16(21)19-14-7-5-6-13(17)9-14/h5-11H,3-4H2,1-2H3,(H,19,21). The molecule has 21 heavy (non-hydrogen) atoms. The van der Waals surface area contributed by atoms with Crippen molar-refractivity contribution < 1.29 is 4.79 Å².